The Kier molecular flexibility index (Phi) is 5.84. The minimum Gasteiger partial charge on any atom is -0.309 e. The average Bonchev–Trinajstić information content (AvgIpc) is 2.23. The Morgan fingerprint density at radius 2 is 1.94 bits per heavy atom. The van der Waals surface area contributed by atoms with Crippen molar-refractivity contribution in [2.75, 3.05) is 12.3 Å². The second-order valence-corrected chi connectivity index (χ2v) is 7.49. The SMILES string of the molecule is C[C@@H](NCCSC(C)(C)C)c1ccccc1Cl. The van der Waals surface area contributed by atoms with Gasteiger partial charge in [0.1, 0.15) is 0 Å². The number of rotatable bonds is 5. The highest BCUT2D eigenvalue weighted by atomic mass is 35.5. The van der Waals surface area contributed by atoms with E-state index < -0.39 is 0 Å². The van der Waals surface area contributed by atoms with Crippen molar-refractivity contribution >= 4 is 23.4 Å². The molecule has 0 spiro atoms. The lowest BCUT2D eigenvalue weighted by Crippen LogP contribution is -2.23. The van der Waals surface area contributed by atoms with Gasteiger partial charge in [-0.25, -0.2) is 0 Å². The van der Waals surface area contributed by atoms with E-state index in [9.17, 15) is 0 Å². The molecule has 3 heteroatoms. The lowest BCUT2D eigenvalue weighted by molar-refractivity contribution is 0.600. The summed E-state index contributed by atoms with van der Waals surface area (Å²) in [4.78, 5) is 0. The van der Waals surface area contributed by atoms with E-state index in [4.69, 9.17) is 11.6 Å². The third-order valence-electron chi connectivity index (χ3n) is 2.46. The maximum atomic E-state index is 6.16. The highest BCUT2D eigenvalue weighted by Crippen LogP contribution is 2.24. The predicted octanol–water partition coefficient (Wildman–Crippen LogP) is 4.52. The summed E-state index contributed by atoms with van der Waals surface area (Å²) in [7, 11) is 0. The van der Waals surface area contributed by atoms with E-state index in [1.165, 1.54) is 5.56 Å². The molecule has 17 heavy (non-hydrogen) atoms. The monoisotopic (exact) mass is 271 g/mol. The molecule has 0 heterocycles. The summed E-state index contributed by atoms with van der Waals surface area (Å²) in [5.74, 6) is 1.12. The normalized spacial score (nSPS) is 13.7. The van der Waals surface area contributed by atoms with Crippen LogP contribution in [0.5, 0.6) is 0 Å². The van der Waals surface area contributed by atoms with Gasteiger partial charge < -0.3 is 5.32 Å². The maximum Gasteiger partial charge on any atom is 0.0453 e. The first-order chi connectivity index (χ1) is 7.90. The number of hydrogen-bond acceptors (Lipinski definition) is 2. The summed E-state index contributed by atoms with van der Waals surface area (Å²) in [5, 5.41) is 4.35. The predicted molar refractivity (Wildman–Crippen MR) is 80.1 cm³/mol. The molecule has 1 rings (SSSR count). The topological polar surface area (TPSA) is 12.0 Å². The molecule has 0 aliphatic heterocycles. The second-order valence-electron chi connectivity index (χ2n) is 5.16. The van der Waals surface area contributed by atoms with Gasteiger partial charge in [-0.1, -0.05) is 50.6 Å². The Bertz CT molecular complexity index is 346. The van der Waals surface area contributed by atoms with Crippen LogP contribution in [-0.2, 0) is 0 Å². The fourth-order valence-electron chi connectivity index (χ4n) is 1.57. The molecular formula is C14H22ClNS. The molecule has 1 atom stereocenters. The van der Waals surface area contributed by atoms with Crippen LogP contribution in [-0.4, -0.2) is 17.0 Å². The van der Waals surface area contributed by atoms with E-state index in [0.29, 0.717) is 10.8 Å². The molecule has 0 aliphatic carbocycles. The first kappa shape index (κ1) is 14.9. The molecular weight excluding hydrogens is 250 g/mol. The van der Waals surface area contributed by atoms with Crippen molar-refractivity contribution in [3.63, 3.8) is 0 Å². The molecule has 0 radical (unpaired) electrons. The molecule has 0 fully saturated rings. The van der Waals surface area contributed by atoms with Crippen LogP contribution < -0.4 is 5.32 Å². The van der Waals surface area contributed by atoms with Crippen LogP contribution in [0.4, 0.5) is 0 Å². The molecule has 0 saturated carbocycles. The number of hydrogen-bond donors (Lipinski definition) is 1. The number of halogens is 1. The summed E-state index contributed by atoms with van der Waals surface area (Å²) in [5.41, 5.74) is 1.18. The van der Waals surface area contributed by atoms with E-state index in [-0.39, 0.29) is 0 Å². The van der Waals surface area contributed by atoms with Gasteiger partial charge in [0, 0.05) is 28.1 Å². The van der Waals surface area contributed by atoms with Crippen molar-refractivity contribution in [2.45, 2.75) is 38.5 Å². The molecule has 1 nitrogen and oxygen atoms in total. The molecule has 1 N–H and O–H groups in total. The molecule has 0 saturated heterocycles. The fraction of sp³-hybridized carbons (Fsp3) is 0.571. The maximum absolute atomic E-state index is 6.16. The van der Waals surface area contributed by atoms with E-state index in [2.05, 4.69) is 39.1 Å². The van der Waals surface area contributed by atoms with Crippen LogP contribution in [0.15, 0.2) is 24.3 Å². The van der Waals surface area contributed by atoms with Crippen LogP contribution in [0.1, 0.15) is 39.3 Å². The molecule has 0 aliphatic rings. The smallest absolute Gasteiger partial charge is 0.0453 e. The zero-order valence-electron chi connectivity index (χ0n) is 11.1. The van der Waals surface area contributed by atoms with E-state index in [1.54, 1.807) is 0 Å². The summed E-state index contributed by atoms with van der Waals surface area (Å²) >= 11 is 8.14. The molecule has 96 valence electrons. The van der Waals surface area contributed by atoms with Crippen molar-refractivity contribution in [2.24, 2.45) is 0 Å². The van der Waals surface area contributed by atoms with Gasteiger partial charge in [0.15, 0.2) is 0 Å². The minimum absolute atomic E-state index is 0.310. The highest BCUT2D eigenvalue weighted by molar-refractivity contribution is 8.00. The van der Waals surface area contributed by atoms with Gasteiger partial charge >= 0.3 is 0 Å². The number of benzene rings is 1. The molecule has 0 amide bonds. The van der Waals surface area contributed by atoms with E-state index in [0.717, 1.165) is 17.3 Å². The van der Waals surface area contributed by atoms with Gasteiger partial charge in [-0.15, -0.1) is 0 Å². The van der Waals surface area contributed by atoms with Gasteiger partial charge in [0.05, 0.1) is 0 Å². The Morgan fingerprint density at radius 3 is 2.53 bits per heavy atom. The van der Waals surface area contributed by atoms with Crippen LogP contribution in [0.25, 0.3) is 0 Å². The minimum atomic E-state index is 0.310. The summed E-state index contributed by atoms with van der Waals surface area (Å²) in [6, 6.07) is 8.33. The van der Waals surface area contributed by atoms with Crippen molar-refractivity contribution < 1.29 is 0 Å². The van der Waals surface area contributed by atoms with Crippen LogP contribution in [0, 0.1) is 0 Å². The fourth-order valence-corrected chi connectivity index (χ4v) is 2.70. The molecule has 1 aromatic carbocycles. The largest absolute Gasteiger partial charge is 0.309 e. The lowest BCUT2D eigenvalue weighted by Gasteiger charge is -2.19. The standard InChI is InChI=1S/C14H22ClNS/c1-11(12-7-5-6-8-13(12)15)16-9-10-17-14(2,3)4/h5-8,11,16H,9-10H2,1-4H3/t11-/m1/s1. The third-order valence-corrected chi connectivity index (χ3v) is 4.08. The third kappa shape index (κ3) is 5.80. The van der Waals surface area contributed by atoms with E-state index in [1.807, 2.05) is 30.0 Å². The van der Waals surface area contributed by atoms with Crippen molar-refractivity contribution in [3.8, 4) is 0 Å². The Labute approximate surface area is 114 Å². The lowest BCUT2D eigenvalue weighted by atomic mass is 10.1. The molecule has 1 aromatic rings. The average molecular weight is 272 g/mol. The highest BCUT2D eigenvalue weighted by Gasteiger charge is 2.11. The molecule has 0 bridgehead atoms. The second kappa shape index (κ2) is 6.67. The van der Waals surface area contributed by atoms with Gasteiger partial charge in [0.25, 0.3) is 0 Å². The first-order valence-electron chi connectivity index (χ1n) is 6.02. The van der Waals surface area contributed by atoms with Crippen LogP contribution >= 0.6 is 23.4 Å². The van der Waals surface area contributed by atoms with Crippen molar-refractivity contribution in [1.29, 1.82) is 0 Å². The first-order valence-corrected chi connectivity index (χ1v) is 7.38. The van der Waals surface area contributed by atoms with Gasteiger partial charge in [-0.2, -0.15) is 11.8 Å². The van der Waals surface area contributed by atoms with Crippen molar-refractivity contribution in [3.05, 3.63) is 34.9 Å². The molecule has 0 aromatic heterocycles. The van der Waals surface area contributed by atoms with Crippen LogP contribution in [0.3, 0.4) is 0 Å². The Morgan fingerprint density at radius 1 is 1.29 bits per heavy atom. The zero-order chi connectivity index (χ0) is 12.9. The van der Waals surface area contributed by atoms with Crippen LogP contribution in [0.2, 0.25) is 5.02 Å². The zero-order valence-corrected chi connectivity index (χ0v) is 12.7. The Balaban J connectivity index is 2.36. The van der Waals surface area contributed by atoms with Crippen molar-refractivity contribution in [1.82, 2.24) is 5.32 Å². The van der Waals surface area contributed by atoms with E-state index >= 15 is 0 Å². The number of nitrogens with one attached hydrogen (secondary N) is 1. The summed E-state index contributed by atoms with van der Waals surface area (Å²) in [6.45, 7) is 9.90. The van der Waals surface area contributed by atoms with Gasteiger partial charge in [-0.05, 0) is 18.6 Å². The Hall–Kier alpha value is -0.180. The van der Waals surface area contributed by atoms with Gasteiger partial charge in [-0.3, -0.25) is 0 Å². The summed E-state index contributed by atoms with van der Waals surface area (Å²) < 4.78 is 0.343. The molecule has 0 unspecified atom stereocenters. The van der Waals surface area contributed by atoms with Gasteiger partial charge in [0.2, 0.25) is 0 Å². The summed E-state index contributed by atoms with van der Waals surface area (Å²) in [6.07, 6.45) is 0. The number of thioether (sulfide) groups is 1. The quantitative estimate of drug-likeness (QED) is 0.790.